The molecule has 0 saturated carbocycles. The van der Waals surface area contributed by atoms with Gasteiger partial charge >= 0.3 is 0 Å². The van der Waals surface area contributed by atoms with E-state index in [0.29, 0.717) is 17.9 Å². The molecule has 164 valence electrons. The molecule has 0 bridgehead atoms. The largest absolute Gasteiger partial charge is 0.487 e. The van der Waals surface area contributed by atoms with Crippen LogP contribution < -0.4 is 4.74 Å². The summed E-state index contributed by atoms with van der Waals surface area (Å²) in [5.74, 6) is 0.784. The summed E-state index contributed by atoms with van der Waals surface area (Å²) in [5.41, 5.74) is 3.38. The number of ether oxygens (including phenoxy) is 2. The van der Waals surface area contributed by atoms with Gasteiger partial charge in [-0.1, -0.05) is 32.3 Å². The van der Waals surface area contributed by atoms with Crippen LogP contribution >= 0.6 is 11.3 Å². The molecule has 0 radical (unpaired) electrons. The zero-order valence-electron chi connectivity index (χ0n) is 17.9. The van der Waals surface area contributed by atoms with E-state index in [4.69, 9.17) is 9.47 Å². The fraction of sp³-hybridized carbons (Fsp3) is 0.565. The Morgan fingerprint density at radius 3 is 2.87 bits per heavy atom. The van der Waals surface area contributed by atoms with E-state index in [2.05, 4.69) is 16.8 Å². The van der Waals surface area contributed by atoms with Crippen LogP contribution in [0, 0.1) is 0 Å². The molecule has 0 spiro atoms. The standard InChI is InChI=1S/C23H33N3O3S/c1-2-3-4-5-9-26(11-10-25-12-14-28-15-13-25)23(27)20-7-6-8-22(16-20)29-17-21-18-30-19-24-21/h6-8,16,18-19H,2-5,9-15,17H2,1H3. The molecule has 0 aliphatic carbocycles. The first-order valence-corrected chi connectivity index (χ1v) is 11.9. The third-order valence-electron chi connectivity index (χ3n) is 5.31. The lowest BCUT2D eigenvalue weighted by Gasteiger charge is -2.30. The van der Waals surface area contributed by atoms with E-state index in [9.17, 15) is 4.79 Å². The number of amides is 1. The van der Waals surface area contributed by atoms with E-state index in [0.717, 1.165) is 64.5 Å². The number of hydrogen-bond acceptors (Lipinski definition) is 6. The first-order valence-electron chi connectivity index (χ1n) is 11.0. The van der Waals surface area contributed by atoms with Gasteiger partial charge < -0.3 is 14.4 Å². The van der Waals surface area contributed by atoms with Crippen LogP contribution in [0.4, 0.5) is 0 Å². The lowest BCUT2D eigenvalue weighted by Crippen LogP contribution is -2.43. The molecule has 1 fully saturated rings. The van der Waals surface area contributed by atoms with Crippen molar-refractivity contribution in [3.63, 3.8) is 0 Å². The molecule has 0 unspecified atom stereocenters. The van der Waals surface area contributed by atoms with Crippen molar-refractivity contribution in [3.8, 4) is 5.75 Å². The Kier molecular flexibility index (Phi) is 9.60. The normalized spacial score (nSPS) is 14.6. The van der Waals surface area contributed by atoms with Gasteiger partial charge in [0.25, 0.3) is 5.91 Å². The van der Waals surface area contributed by atoms with Crippen molar-refractivity contribution in [2.24, 2.45) is 0 Å². The Balaban J connectivity index is 1.60. The van der Waals surface area contributed by atoms with Crippen LogP contribution in [0.25, 0.3) is 0 Å². The number of nitrogens with zero attached hydrogens (tertiary/aromatic N) is 3. The van der Waals surface area contributed by atoms with E-state index in [1.807, 2.05) is 34.5 Å². The van der Waals surface area contributed by atoms with Crippen LogP contribution in [0.3, 0.4) is 0 Å². The third-order valence-corrected chi connectivity index (χ3v) is 5.95. The molecular formula is C23H33N3O3S. The number of carbonyl (C=O) groups excluding carboxylic acids is 1. The average Bonchev–Trinajstić information content (AvgIpc) is 3.31. The van der Waals surface area contributed by atoms with Gasteiger partial charge in [-0.05, 0) is 24.6 Å². The third kappa shape index (κ3) is 7.38. The number of aromatic nitrogens is 1. The second kappa shape index (κ2) is 12.7. The molecular weight excluding hydrogens is 398 g/mol. The first-order chi connectivity index (χ1) is 14.8. The summed E-state index contributed by atoms with van der Waals surface area (Å²) in [6.45, 7) is 8.50. The van der Waals surface area contributed by atoms with Gasteiger partial charge in [-0.25, -0.2) is 4.98 Å². The minimum Gasteiger partial charge on any atom is -0.487 e. The molecule has 30 heavy (non-hydrogen) atoms. The SMILES string of the molecule is CCCCCCN(CCN1CCOCC1)C(=O)c1cccc(OCc2cscn2)c1. The summed E-state index contributed by atoms with van der Waals surface area (Å²) in [4.78, 5) is 21.9. The summed E-state index contributed by atoms with van der Waals surface area (Å²) in [6.07, 6.45) is 4.61. The highest BCUT2D eigenvalue weighted by Crippen LogP contribution is 2.17. The highest BCUT2D eigenvalue weighted by atomic mass is 32.1. The Bertz CT molecular complexity index is 748. The lowest BCUT2D eigenvalue weighted by molar-refractivity contribution is 0.0324. The fourth-order valence-corrected chi connectivity index (χ4v) is 4.04. The predicted octanol–water partition coefficient (Wildman–Crippen LogP) is 4.08. The minimum absolute atomic E-state index is 0.0823. The molecule has 1 aromatic carbocycles. The zero-order valence-corrected chi connectivity index (χ0v) is 18.7. The molecule has 3 rings (SSSR count). The number of carbonyl (C=O) groups is 1. The maximum Gasteiger partial charge on any atom is 0.254 e. The highest BCUT2D eigenvalue weighted by molar-refractivity contribution is 7.07. The van der Waals surface area contributed by atoms with Crippen LogP contribution in [0.5, 0.6) is 5.75 Å². The Labute approximate surface area is 183 Å². The number of benzene rings is 1. The van der Waals surface area contributed by atoms with Crippen molar-refractivity contribution in [1.29, 1.82) is 0 Å². The topological polar surface area (TPSA) is 54.9 Å². The molecule has 1 aliphatic rings. The van der Waals surface area contributed by atoms with Crippen LogP contribution in [0.2, 0.25) is 0 Å². The fourth-order valence-electron chi connectivity index (χ4n) is 3.50. The smallest absolute Gasteiger partial charge is 0.254 e. The number of morpholine rings is 1. The van der Waals surface area contributed by atoms with Crippen LogP contribution in [0.1, 0.15) is 48.7 Å². The number of unbranched alkanes of at least 4 members (excludes halogenated alkanes) is 3. The van der Waals surface area contributed by atoms with Crippen LogP contribution in [-0.4, -0.2) is 66.6 Å². The summed E-state index contributed by atoms with van der Waals surface area (Å²) < 4.78 is 11.3. The van der Waals surface area contributed by atoms with E-state index in [1.54, 1.807) is 16.8 Å². The number of rotatable bonds is 12. The molecule has 6 nitrogen and oxygen atoms in total. The summed E-state index contributed by atoms with van der Waals surface area (Å²) in [7, 11) is 0. The predicted molar refractivity (Wildman–Crippen MR) is 120 cm³/mol. The van der Waals surface area contributed by atoms with Gasteiger partial charge in [0.05, 0.1) is 24.4 Å². The molecule has 1 aliphatic heterocycles. The van der Waals surface area contributed by atoms with E-state index < -0.39 is 0 Å². The lowest BCUT2D eigenvalue weighted by atomic mass is 10.1. The molecule has 0 N–H and O–H groups in total. The maximum absolute atomic E-state index is 13.3. The monoisotopic (exact) mass is 431 g/mol. The Morgan fingerprint density at radius 2 is 2.10 bits per heavy atom. The van der Waals surface area contributed by atoms with Gasteiger partial charge in [0.2, 0.25) is 0 Å². The van der Waals surface area contributed by atoms with Crippen molar-refractivity contribution in [3.05, 3.63) is 46.4 Å². The summed E-state index contributed by atoms with van der Waals surface area (Å²) in [5, 5.41) is 1.97. The van der Waals surface area contributed by atoms with Crippen LogP contribution in [0.15, 0.2) is 35.2 Å². The molecule has 7 heteroatoms. The molecule has 2 heterocycles. The molecule has 1 saturated heterocycles. The van der Waals surface area contributed by atoms with Gasteiger partial charge in [-0.3, -0.25) is 9.69 Å². The number of hydrogen-bond donors (Lipinski definition) is 0. The van der Waals surface area contributed by atoms with Crippen molar-refractivity contribution in [2.75, 3.05) is 45.9 Å². The summed E-state index contributed by atoms with van der Waals surface area (Å²) in [6, 6.07) is 7.51. The van der Waals surface area contributed by atoms with E-state index in [1.165, 1.54) is 12.8 Å². The van der Waals surface area contributed by atoms with Gasteiger partial charge in [0.15, 0.2) is 0 Å². The molecule has 0 atom stereocenters. The molecule has 2 aromatic rings. The van der Waals surface area contributed by atoms with Crippen molar-refractivity contribution < 1.29 is 14.3 Å². The van der Waals surface area contributed by atoms with Gasteiger partial charge in [-0.15, -0.1) is 11.3 Å². The van der Waals surface area contributed by atoms with Gasteiger partial charge in [0.1, 0.15) is 12.4 Å². The van der Waals surface area contributed by atoms with Crippen molar-refractivity contribution in [2.45, 2.75) is 39.2 Å². The Hall–Kier alpha value is -1.96. The molecule has 1 aromatic heterocycles. The van der Waals surface area contributed by atoms with Gasteiger partial charge in [0, 0.05) is 43.7 Å². The summed E-state index contributed by atoms with van der Waals surface area (Å²) >= 11 is 1.55. The maximum atomic E-state index is 13.3. The van der Waals surface area contributed by atoms with Crippen LogP contribution in [-0.2, 0) is 11.3 Å². The Morgan fingerprint density at radius 1 is 1.23 bits per heavy atom. The second-order valence-corrected chi connectivity index (χ2v) is 8.32. The van der Waals surface area contributed by atoms with Crippen molar-refractivity contribution in [1.82, 2.24) is 14.8 Å². The van der Waals surface area contributed by atoms with E-state index in [-0.39, 0.29) is 5.91 Å². The van der Waals surface area contributed by atoms with Gasteiger partial charge in [-0.2, -0.15) is 0 Å². The highest BCUT2D eigenvalue weighted by Gasteiger charge is 2.18. The average molecular weight is 432 g/mol. The van der Waals surface area contributed by atoms with E-state index >= 15 is 0 Å². The minimum atomic E-state index is 0.0823. The zero-order chi connectivity index (χ0) is 21.0. The quantitative estimate of drug-likeness (QED) is 0.474. The first kappa shape index (κ1) is 22.7. The molecule has 1 amide bonds. The second-order valence-electron chi connectivity index (χ2n) is 7.60. The van der Waals surface area contributed by atoms with Crippen molar-refractivity contribution >= 4 is 17.2 Å². The number of thiazole rings is 1.